The number of esters is 4. The number of amides is 6. The van der Waals surface area contributed by atoms with Crippen LogP contribution in [0.5, 0.6) is 0 Å². The highest BCUT2D eigenvalue weighted by Crippen LogP contribution is 2.46. The summed E-state index contributed by atoms with van der Waals surface area (Å²) in [6.45, 7) is 18.3. The number of ether oxygens (including phenoxy) is 4. The van der Waals surface area contributed by atoms with Crippen LogP contribution in [0.4, 0.5) is 28.8 Å². The lowest BCUT2D eigenvalue weighted by molar-refractivity contribution is -0.147. The second kappa shape index (κ2) is 37.8. The number of carbonyl (C=O) groups is 12. The number of hydrogen-bond donors (Lipinski definition) is 4. The Hall–Kier alpha value is -3.95. The molecule has 0 aromatic rings. The second-order valence-corrected chi connectivity index (χ2v) is 30.2. The minimum Gasteiger partial charge on any atom is -0.480 e. The third-order valence-electron chi connectivity index (χ3n) is 15.8. The molecule has 6 amide bonds. The number of aliphatic carboxylic acids is 2. The zero-order valence-electron chi connectivity index (χ0n) is 51.9. The lowest BCUT2D eigenvalue weighted by atomic mass is 9.95. The zero-order chi connectivity index (χ0) is 68.4. The number of aliphatic hydroxyl groups excluding tert-OH is 2. The Morgan fingerprint density at radius 3 is 0.622 bits per heavy atom. The minimum atomic E-state index is -0.988. The first-order chi connectivity index (χ1) is 40.7. The van der Waals surface area contributed by atoms with Gasteiger partial charge in [-0.25, -0.2) is 28.8 Å². The second-order valence-electron chi connectivity index (χ2n) is 21.3. The topological polar surface area (TPSA) is 342 Å². The molecule has 12 radical (unpaired) electrons. The van der Waals surface area contributed by atoms with E-state index in [1.807, 2.05) is 55.4 Å². The summed E-state index contributed by atoms with van der Waals surface area (Å²) in [5, 5.41) is 36.5. The van der Waals surface area contributed by atoms with Crippen molar-refractivity contribution in [3.63, 3.8) is 0 Å². The van der Waals surface area contributed by atoms with Crippen LogP contribution in [-0.4, -0.2) is 309 Å². The number of thioether (sulfide) groups is 6. The van der Waals surface area contributed by atoms with Crippen LogP contribution in [-0.2, 0) is 47.7 Å². The molecule has 0 aliphatic carbocycles. The Morgan fingerprint density at radius 2 is 0.489 bits per heavy atom. The van der Waals surface area contributed by atoms with E-state index in [9.17, 15) is 67.7 Å². The molecule has 0 aromatic carbocycles. The highest BCUT2D eigenvalue weighted by atomic mass is 32.2. The van der Waals surface area contributed by atoms with Crippen LogP contribution in [0.3, 0.4) is 0 Å². The van der Waals surface area contributed by atoms with Crippen molar-refractivity contribution in [1.82, 2.24) is 29.4 Å². The molecule has 4 N–H and O–H groups in total. The summed E-state index contributed by atoms with van der Waals surface area (Å²) < 4.78 is 15.7. The van der Waals surface area contributed by atoms with Crippen molar-refractivity contribution in [3.8, 4) is 0 Å². The van der Waals surface area contributed by atoms with E-state index < -0.39 is 126 Å². The number of carboxylic acid groups (broad SMARTS) is 2. The third-order valence-corrected chi connectivity index (χ3v) is 25.0. The fourth-order valence-corrected chi connectivity index (χ4v) is 17.1. The monoisotopic (exact) mass is 1370 g/mol. The van der Waals surface area contributed by atoms with Crippen molar-refractivity contribution in [2.45, 2.75) is 175 Å². The number of aliphatic hydroxyl groups is 2. The molecule has 496 valence electrons. The predicted octanol–water partition coefficient (Wildman–Crippen LogP) is 4.21. The van der Waals surface area contributed by atoms with Crippen molar-refractivity contribution in [2.24, 2.45) is 0 Å². The van der Waals surface area contributed by atoms with Crippen molar-refractivity contribution in [1.29, 1.82) is 0 Å². The molecule has 0 bridgehead atoms. The van der Waals surface area contributed by atoms with Crippen molar-refractivity contribution in [2.75, 3.05) is 76.9 Å². The van der Waals surface area contributed by atoms with Gasteiger partial charge in [0.15, 0.2) is 34.8 Å². The molecule has 0 aromatic heterocycles. The van der Waals surface area contributed by atoms with Gasteiger partial charge in [0.1, 0.15) is 36.3 Å². The molecule has 38 heteroatoms. The Balaban J connectivity index is 0. The van der Waals surface area contributed by atoms with E-state index in [0.717, 1.165) is 12.8 Å². The highest BCUT2D eigenvalue weighted by Gasteiger charge is 2.54. The van der Waals surface area contributed by atoms with Crippen LogP contribution in [0.15, 0.2) is 0 Å². The van der Waals surface area contributed by atoms with Gasteiger partial charge in [0.25, 0.3) is 0 Å². The molecule has 6 heterocycles. The first-order valence-electron chi connectivity index (χ1n) is 26.9. The van der Waals surface area contributed by atoms with Crippen molar-refractivity contribution in [3.05, 3.63) is 0 Å². The van der Waals surface area contributed by atoms with Gasteiger partial charge in [0.2, 0.25) is 47.1 Å². The molecule has 0 spiro atoms. The van der Waals surface area contributed by atoms with Gasteiger partial charge in [-0.3, -0.25) is 28.8 Å². The summed E-state index contributed by atoms with van der Waals surface area (Å²) >= 11 is 8.65. The van der Waals surface area contributed by atoms with Gasteiger partial charge in [0.05, 0.1) is 86.4 Å². The molecule has 12 atom stereocenters. The van der Waals surface area contributed by atoms with Crippen LogP contribution >= 0.6 is 70.6 Å². The first-order valence-corrected chi connectivity index (χ1v) is 32.8. The van der Waals surface area contributed by atoms with Crippen LogP contribution in [0.1, 0.15) is 110 Å². The average Bonchev–Trinajstić information content (AvgIpc) is 1.73. The third kappa shape index (κ3) is 21.0. The Morgan fingerprint density at radius 1 is 0.344 bits per heavy atom. The minimum absolute atomic E-state index is 0. The average molecular weight is 1370 g/mol. The van der Waals surface area contributed by atoms with E-state index in [0.29, 0.717) is 36.3 Å². The van der Waals surface area contributed by atoms with Gasteiger partial charge in [-0.15, -0.1) is 70.6 Å². The molecule has 6 aliphatic heterocycles. The van der Waals surface area contributed by atoms with Gasteiger partial charge in [0, 0.05) is 19.0 Å². The molecule has 6 fully saturated rings. The van der Waals surface area contributed by atoms with E-state index in [4.69, 9.17) is 66.8 Å². The zero-order valence-corrected chi connectivity index (χ0v) is 56.8. The molecule has 6 aliphatic rings. The molecular weight excluding hydrogens is 1290 g/mol. The smallest absolute Gasteiger partial charge is 0.330 e. The maximum absolute atomic E-state index is 11.6. The van der Waals surface area contributed by atoms with Gasteiger partial charge in [-0.1, -0.05) is 42.5 Å². The van der Waals surface area contributed by atoms with Crippen LogP contribution in [0.2, 0.25) is 0 Å². The number of hydrogen-bond acceptors (Lipinski definition) is 24. The summed E-state index contributed by atoms with van der Waals surface area (Å²) in [5.74, 6) is -5.57. The van der Waals surface area contributed by atoms with E-state index in [-0.39, 0.29) is 49.3 Å². The maximum Gasteiger partial charge on any atom is 0.330 e. The standard InChI is InChI=1S/2C9H14BNO3S.2C8H12BNO4S.2C8H12BNO3S.2CH4/c2*1-4-9(2)6(7(12)14-3)11(5-15-9)8(10)13;2*1-8(3-11)5(6(12)14-2)10(4-15-8)7(9)13;2*1-3-8(2)5(6(11)12)10(4-14-8)7(9)13;;/h2*6H,4-5H2,1-3H3;2*5,11H,3-4H2,1-2H3;2*5H,3-4H2,1-2H3,(H,11,12);2*1H4. The molecule has 6 saturated heterocycles. The van der Waals surface area contributed by atoms with Crippen LogP contribution in [0.25, 0.3) is 0 Å². The maximum atomic E-state index is 11.6. The lowest BCUT2D eigenvalue weighted by Gasteiger charge is -2.30. The van der Waals surface area contributed by atoms with Crippen LogP contribution < -0.4 is 0 Å². The SMILES string of the molecule is C.C.[B]C(=O)N1CSC(C)(CC)C1C(=O)O.[B]C(=O)N1CSC(C)(CC)C1C(=O)O.[B]C(=O)N1CSC(C)(CC)C1C(=O)OC.[B]C(=O)N1CSC(C)(CC)C1C(=O)OC.[B]C(=O)N1CSC(C)(CO)C1C(=O)OC.[B]C(=O)N1CSC(C)(CO)C1C(=O)OC. The predicted molar refractivity (Wildman–Crippen MR) is 358 cm³/mol. The summed E-state index contributed by atoms with van der Waals surface area (Å²) in [5.41, 5.74) is 0. The van der Waals surface area contributed by atoms with E-state index in [2.05, 4.69) is 9.47 Å². The van der Waals surface area contributed by atoms with Gasteiger partial charge in [-0.05, 0) is 67.2 Å². The van der Waals surface area contributed by atoms with Crippen molar-refractivity contribution >= 4 is 188 Å². The molecule has 90 heavy (non-hydrogen) atoms. The molecular formula is C52H84B6N6O20S6. The number of rotatable bonds is 12. The normalized spacial score (nSPS) is 30.1. The van der Waals surface area contributed by atoms with Gasteiger partial charge >= 0.3 is 35.8 Å². The Kier molecular flexibility index (Phi) is 37.0. The van der Waals surface area contributed by atoms with Gasteiger partial charge in [-0.2, -0.15) is 0 Å². The first kappa shape index (κ1) is 88.1. The van der Waals surface area contributed by atoms with E-state index in [1.165, 1.54) is 105 Å². The van der Waals surface area contributed by atoms with E-state index >= 15 is 0 Å². The van der Waals surface area contributed by atoms with Gasteiger partial charge < -0.3 is 68.8 Å². The van der Waals surface area contributed by atoms with E-state index in [1.54, 1.807) is 37.4 Å². The summed E-state index contributed by atoms with van der Waals surface area (Å²) in [4.78, 5) is 142. The summed E-state index contributed by atoms with van der Waals surface area (Å²) in [6, 6.07) is -4.42. The molecule has 0 saturated carbocycles. The number of carboxylic acids is 2. The lowest BCUT2D eigenvalue weighted by Crippen LogP contribution is -2.51. The van der Waals surface area contributed by atoms with Crippen molar-refractivity contribution < 1.29 is 96.9 Å². The number of methoxy groups -OCH3 is 4. The molecule has 26 nitrogen and oxygen atoms in total. The fraction of sp³-hybridized carbons (Fsp3) is 0.769. The number of nitrogens with zero attached hydrogens (tertiary/aromatic N) is 6. The summed E-state index contributed by atoms with van der Waals surface area (Å²) in [6.07, 6.45) is 2.94. The molecule has 6 rings (SSSR count). The largest absolute Gasteiger partial charge is 0.480 e. The fourth-order valence-electron chi connectivity index (χ4n) is 9.53. The quantitative estimate of drug-likeness (QED) is 0.121. The molecule has 12 unspecified atom stereocenters. The Bertz CT molecular complexity index is 2280. The summed E-state index contributed by atoms with van der Waals surface area (Å²) in [7, 11) is 36.1. The number of carbonyl (C=O) groups excluding carboxylic acids is 10. The van der Waals surface area contributed by atoms with Crippen LogP contribution in [0, 0.1) is 0 Å². The highest BCUT2D eigenvalue weighted by molar-refractivity contribution is 8.02. The Labute approximate surface area is 562 Å².